The summed E-state index contributed by atoms with van der Waals surface area (Å²) in [6.07, 6.45) is 7.20. The van der Waals surface area contributed by atoms with Crippen molar-refractivity contribution in [2.45, 2.75) is 57.0 Å². The largest absolute Gasteiger partial charge is 0.360 e. The quantitative estimate of drug-likeness (QED) is 0.683. The number of nitrogens with one attached hydrogen (secondary N) is 3. The molecule has 4 bridgehead atoms. The fraction of sp³-hybridized carbons (Fsp3) is 0.667. The van der Waals surface area contributed by atoms with Gasteiger partial charge in [-0.15, -0.1) is 0 Å². The van der Waals surface area contributed by atoms with Crippen LogP contribution in [0.3, 0.4) is 0 Å². The smallest absolute Gasteiger partial charge is 0.322 e. The zero-order valence-corrected chi connectivity index (χ0v) is 18.3. The average molecular weight is 430 g/mol. The number of carbonyl (C=O) groups is 2. The van der Waals surface area contributed by atoms with E-state index in [9.17, 15) is 14.0 Å². The Hall–Kier alpha value is -2.15. The molecule has 6 rings (SSSR count). The summed E-state index contributed by atoms with van der Waals surface area (Å²) in [6, 6.07) is 5.96. The van der Waals surface area contributed by atoms with E-state index in [2.05, 4.69) is 15.5 Å². The lowest BCUT2D eigenvalue weighted by Crippen LogP contribution is -3.19. The summed E-state index contributed by atoms with van der Waals surface area (Å²) in [6.45, 7) is 5.12. The number of halogens is 1. The molecule has 1 saturated heterocycles. The summed E-state index contributed by atoms with van der Waals surface area (Å²) in [5.74, 6) is 1.83. The van der Waals surface area contributed by atoms with E-state index in [1.807, 2.05) is 6.92 Å². The molecule has 31 heavy (non-hydrogen) atoms. The van der Waals surface area contributed by atoms with Crippen LogP contribution in [0, 0.1) is 23.6 Å². The van der Waals surface area contributed by atoms with Crippen LogP contribution in [0.4, 0.5) is 14.9 Å². The highest BCUT2D eigenvalue weighted by atomic mass is 19.1. The van der Waals surface area contributed by atoms with Crippen molar-refractivity contribution < 1.29 is 18.9 Å². The van der Waals surface area contributed by atoms with Crippen molar-refractivity contribution in [3.63, 3.8) is 0 Å². The zero-order valence-electron chi connectivity index (χ0n) is 18.3. The van der Waals surface area contributed by atoms with Gasteiger partial charge in [0, 0.05) is 11.2 Å². The van der Waals surface area contributed by atoms with Crippen LogP contribution in [0.5, 0.6) is 0 Å². The number of piperazine rings is 1. The lowest BCUT2D eigenvalue weighted by Gasteiger charge is -2.56. The lowest BCUT2D eigenvalue weighted by molar-refractivity contribution is -0.914. The molecule has 168 valence electrons. The Morgan fingerprint density at radius 2 is 1.58 bits per heavy atom. The SMILES string of the molecule is C[C@H](C(=O)NC(=O)NC12CC3CC(CC(C3)C1)C2)[NH+]1CCN(c2ccc(F)cc2)CC1. The molecule has 1 aliphatic heterocycles. The highest BCUT2D eigenvalue weighted by Crippen LogP contribution is 2.55. The summed E-state index contributed by atoms with van der Waals surface area (Å²) >= 11 is 0. The minimum absolute atomic E-state index is 0.0873. The van der Waals surface area contributed by atoms with E-state index >= 15 is 0 Å². The van der Waals surface area contributed by atoms with Crippen LogP contribution >= 0.6 is 0 Å². The molecule has 4 saturated carbocycles. The summed E-state index contributed by atoms with van der Waals surface area (Å²) in [5.41, 5.74) is 0.920. The predicted molar refractivity (Wildman–Crippen MR) is 116 cm³/mol. The number of imide groups is 1. The Bertz CT molecular complexity index is 799. The first kappa shape index (κ1) is 20.7. The van der Waals surface area contributed by atoms with E-state index < -0.39 is 0 Å². The van der Waals surface area contributed by atoms with Gasteiger partial charge in [-0.05, 0) is 87.5 Å². The number of carbonyl (C=O) groups excluding carboxylic acids is 2. The molecule has 0 radical (unpaired) electrons. The molecule has 7 heteroatoms. The molecule has 1 heterocycles. The topological polar surface area (TPSA) is 65.9 Å². The molecule has 1 atom stereocenters. The average Bonchev–Trinajstić information content (AvgIpc) is 2.72. The number of hydrogen-bond donors (Lipinski definition) is 3. The van der Waals surface area contributed by atoms with Gasteiger partial charge in [0.05, 0.1) is 26.2 Å². The van der Waals surface area contributed by atoms with Gasteiger partial charge in [-0.1, -0.05) is 0 Å². The van der Waals surface area contributed by atoms with Gasteiger partial charge in [0.15, 0.2) is 6.04 Å². The monoisotopic (exact) mass is 429 g/mol. The van der Waals surface area contributed by atoms with Gasteiger partial charge < -0.3 is 15.1 Å². The third-order valence-electron chi connectivity index (χ3n) is 8.26. The number of rotatable bonds is 4. The molecule has 0 unspecified atom stereocenters. The molecule has 5 fully saturated rings. The number of quaternary nitrogens is 1. The maximum absolute atomic E-state index is 13.2. The van der Waals surface area contributed by atoms with Crippen LogP contribution in [-0.4, -0.2) is 49.7 Å². The number of benzene rings is 1. The number of amides is 3. The third-order valence-corrected chi connectivity index (χ3v) is 8.26. The zero-order chi connectivity index (χ0) is 21.6. The highest BCUT2D eigenvalue weighted by Gasteiger charge is 2.51. The van der Waals surface area contributed by atoms with Crippen molar-refractivity contribution in [1.82, 2.24) is 10.6 Å². The van der Waals surface area contributed by atoms with Crippen LogP contribution in [-0.2, 0) is 4.79 Å². The molecule has 6 nitrogen and oxygen atoms in total. The number of nitrogens with zero attached hydrogens (tertiary/aromatic N) is 1. The van der Waals surface area contributed by atoms with E-state index in [1.54, 1.807) is 12.1 Å². The fourth-order valence-electron chi connectivity index (χ4n) is 7.08. The molecular formula is C24H34FN4O2+. The van der Waals surface area contributed by atoms with Crippen LogP contribution in [0.15, 0.2) is 24.3 Å². The molecular weight excluding hydrogens is 395 g/mol. The molecule has 5 aliphatic rings. The van der Waals surface area contributed by atoms with E-state index in [1.165, 1.54) is 36.3 Å². The van der Waals surface area contributed by atoms with E-state index in [4.69, 9.17) is 0 Å². The van der Waals surface area contributed by atoms with E-state index in [0.29, 0.717) is 0 Å². The maximum Gasteiger partial charge on any atom is 0.322 e. The van der Waals surface area contributed by atoms with E-state index in [0.717, 1.165) is 68.9 Å². The van der Waals surface area contributed by atoms with Crippen LogP contribution in [0.25, 0.3) is 0 Å². The second-order valence-corrected chi connectivity index (χ2v) is 10.5. The second kappa shape index (κ2) is 8.08. The van der Waals surface area contributed by atoms with Crippen molar-refractivity contribution in [2.24, 2.45) is 17.8 Å². The van der Waals surface area contributed by atoms with Crippen LogP contribution in [0.2, 0.25) is 0 Å². The van der Waals surface area contributed by atoms with E-state index in [-0.39, 0.29) is 29.3 Å². The van der Waals surface area contributed by atoms with Crippen molar-refractivity contribution in [3.8, 4) is 0 Å². The number of urea groups is 1. The normalized spacial score (nSPS) is 33.2. The maximum atomic E-state index is 13.2. The Morgan fingerprint density at radius 1 is 1.03 bits per heavy atom. The third kappa shape index (κ3) is 4.29. The number of hydrogen-bond acceptors (Lipinski definition) is 3. The Balaban J connectivity index is 1.11. The van der Waals surface area contributed by atoms with Crippen molar-refractivity contribution in [1.29, 1.82) is 0 Å². The molecule has 3 N–H and O–H groups in total. The summed E-state index contributed by atoms with van der Waals surface area (Å²) in [7, 11) is 0. The molecule has 0 spiro atoms. The van der Waals surface area contributed by atoms with Crippen molar-refractivity contribution in [3.05, 3.63) is 30.1 Å². The van der Waals surface area contributed by atoms with Gasteiger partial charge in [0.25, 0.3) is 5.91 Å². The molecule has 3 amide bonds. The van der Waals surface area contributed by atoms with Gasteiger partial charge in [0.2, 0.25) is 0 Å². The summed E-state index contributed by atoms with van der Waals surface area (Å²) in [4.78, 5) is 28.9. The lowest BCUT2D eigenvalue weighted by atomic mass is 9.53. The predicted octanol–water partition coefficient (Wildman–Crippen LogP) is 1.71. The molecule has 4 aliphatic carbocycles. The Morgan fingerprint density at radius 3 is 2.13 bits per heavy atom. The van der Waals surface area contributed by atoms with Gasteiger partial charge >= 0.3 is 6.03 Å². The first-order chi connectivity index (χ1) is 14.9. The Labute approximate surface area is 183 Å². The van der Waals surface area contributed by atoms with Gasteiger partial charge in [-0.3, -0.25) is 10.1 Å². The fourth-order valence-corrected chi connectivity index (χ4v) is 7.08. The van der Waals surface area contributed by atoms with Crippen molar-refractivity contribution >= 4 is 17.6 Å². The highest BCUT2D eigenvalue weighted by molar-refractivity contribution is 5.96. The molecule has 1 aromatic rings. The van der Waals surface area contributed by atoms with Gasteiger partial charge in [0.1, 0.15) is 5.82 Å². The van der Waals surface area contributed by atoms with Crippen LogP contribution < -0.4 is 20.4 Å². The number of anilines is 1. The van der Waals surface area contributed by atoms with Gasteiger partial charge in [-0.25, -0.2) is 9.18 Å². The van der Waals surface area contributed by atoms with Crippen LogP contribution in [0.1, 0.15) is 45.4 Å². The summed E-state index contributed by atoms with van der Waals surface area (Å²) < 4.78 is 13.2. The molecule has 1 aromatic carbocycles. The minimum Gasteiger partial charge on any atom is -0.360 e. The summed E-state index contributed by atoms with van der Waals surface area (Å²) in [5, 5.41) is 5.86. The second-order valence-electron chi connectivity index (χ2n) is 10.5. The first-order valence-electron chi connectivity index (χ1n) is 11.9. The first-order valence-corrected chi connectivity index (χ1v) is 11.9. The standard InChI is InChI=1S/C24H33FN4O2/c1-16(28-6-8-29(9-7-28)21-4-2-20(25)3-5-21)22(30)26-23(31)27-24-13-17-10-18(14-24)12-19(11-17)15-24/h2-5,16-19H,6-15H2,1H3,(H2,26,27,30,31)/p+1/t16-,17?,18?,19?,24?/m1/s1. The van der Waals surface area contributed by atoms with Crippen molar-refractivity contribution in [2.75, 3.05) is 31.1 Å². The Kier molecular flexibility index (Phi) is 5.40. The minimum atomic E-state index is -0.317. The van der Waals surface area contributed by atoms with Gasteiger partial charge in [-0.2, -0.15) is 0 Å². The molecule has 0 aromatic heterocycles.